The Hall–Kier alpha value is -2.15. The number of amides is 1. The van der Waals surface area contributed by atoms with Crippen LogP contribution in [0.3, 0.4) is 0 Å². The number of nitrogens with two attached hydrogens (primary N) is 1. The number of hydrogen-bond acceptors (Lipinski definition) is 6. The summed E-state index contributed by atoms with van der Waals surface area (Å²) in [6.45, 7) is 2.04. The van der Waals surface area contributed by atoms with Gasteiger partial charge in [0.1, 0.15) is 5.75 Å². The van der Waals surface area contributed by atoms with Crippen LogP contribution >= 0.6 is 11.3 Å². The monoisotopic (exact) mass is 306 g/mol. The fourth-order valence-electron chi connectivity index (χ4n) is 1.79. The first kappa shape index (κ1) is 15.2. The number of nitrogens with one attached hydrogen (secondary N) is 1. The highest BCUT2D eigenvalue weighted by atomic mass is 32.1. The van der Waals surface area contributed by atoms with Crippen molar-refractivity contribution in [1.82, 2.24) is 10.2 Å². The van der Waals surface area contributed by atoms with Gasteiger partial charge in [0.05, 0.1) is 12.7 Å². The van der Waals surface area contributed by atoms with Gasteiger partial charge in [-0.15, -0.1) is 10.2 Å². The highest BCUT2D eigenvalue weighted by Gasteiger charge is 2.13. The number of nitrogens with zero attached hydrogens (tertiary/aromatic N) is 2. The van der Waals surface area contributed by atoms with E-state index >= 15 is 0 Å². The van der Waals surface area contributed by atoms with Crippen LogP contribution in [0, 0.1) is 0 Å². The van der Waals surface area contributed by atoms with E-state index in [1.165, 1.54) is 11.3 Å². The van der Waals surface area contributed by atoms with Crippen LogP contribution in [0.1, 0.15) is 26.2 Å². The van der Waals surface area contributed by atoms with Gasteiger partial charge in [-0.25, -0.2) is 0 Å². The molecule has 0 aliphatic carbocycles. The zero-order valence-corrected chi connectivity index (χ0v) is 12.9. The van der Waals surface area contributed by atoms with Crippen molar-refractivity contribution < 1.29 is 9.53 Å². The largest absolute Gasteiger partial charge is 0.496 e. The molecule has 0 radical (unpaired) electrons. The van der Waals surface area contributed by atoms with Crippen molar-refractivity contribution in [3.63, 3.8) is 0 Å². The fourth-order valence-corrected chi connectivity index (χ4v) is 2.58. The molecule has 0 fully saturated rings. The van der Waals surface area contributed by atoms with Gasteiger partial charge in [-0.2, -0.15) is 0 Å². The van der Waals surface area contributed by atoms with Gasteiger partial charge in [0, 0.05) is 12.1 Å². The second kappa shape index (κ2) is 7.03. The molecule has 1 aromatic heterocycles. The number of rotatable bonds is 6. The van der Waals surface area contributed by atoms with Crippen LogP contribution in [0.15, 0.2) is 18.2 Å². The Bertz CT molecular complexity index is 627. The standard InChI is InChI=1S/C14H18N4O2S/c1-3-4-5-12(19)16-14-18-17-13(21-14)10-8-9(15)6-7-11(10)20-2/h6-8H,3-5,15H2,1-2H3,(H,16,18,19). The first-order valence-corrected chi connectivity index (χ1v) is 7.53. The van der Waals surface area contributed by atoms with Gasteiger partial charge in [0.2, 0.25) is 11.0 Å². The predicted octanol–water partition coefficient (Wildman–Crippen LogP) is 2.92. The summed E-state index contributed by atoms with van der Waals surface area (Å²) < 4.78 is 5.29. The number of ether oxygens (including phenoxy) is 1. The van der Waals surface area contributed by atoms with Crippen molar-refractivity contribution in [2.24, 2.45) is 0 Å². The number of nitrogen functional groups attached to an aromatic ring is 1. The second-order valence-corrected chi connectivity index (χ2v) is 5.50. The quantitative estimate of drug-likeness (QED) is 0.801. The van der Waals surface area contributed by atoms with Crippen LogP contribution in [-0.2, 0) is 4.79 Å². The van der Waals surface area contributed by atoms with Crippen LogP contribution in [0.2, 0.25) is 0 Å². The summed E-state index contributed by atoms with van der Waals surface area (Å²) in [7, 11) is 1.59. The molecule has 3 N–H and O–H groups in total. The first-order chi connectivity index (χ1) is 10.1. The van der Waals surface area contributed by atoms with E-state index in [2.05, 4.69) is 15.5 Å². The molecule has 0 atom stereocenters. The van der Waals surface area contributed by atoms with E-state index in [0.29, 0.717) is 28.0 Å². The lowest BCUT2D eigenvalue weighted by Gasteiger charge is -2.05. The Morgan fingerprint density at radius 3 is 2.95 bits per heavy atom. The van der Waals surface area contributed by atoms with Gasteiger partial charge >= 0.3 is 0 Å². The lowest BCUT2D eigenvalue weighted by Crippen LogP contribution is -2.10. The molecule has 2 aromatic rings. The van der Waals surface area contributed by atoms with Crippen LogP contribution in [-0.4, -0.2) is 23.2 Å². The van der Waals surface area contributed by atoms with E-state index in [0.717, 1.165) is 18.4 Å². The molecule has 0 spiro atoms. The number of carbonyl (C=O) groups is 1. The van der Waals surface area contributed by atoms with Crippen LogP contribution in [0.5, 0.6) is 5.75 Å². The molecule has 0 saturated heterocycles. The van der Waals surface area contributed by atoms with E-state index < -0.39 is 0 Å². The maximum Gasteiger partial charge on any atom is 0.226 e. The molecule has 0 bridgehead atoms. The minimum absolute atomic E-state index is 0.0425. The normalized spacial score (nSPS) is 10.4. The van der Waals surface area contributed by atoms with Crippen molar-refractivity contribution in [2.75, 3.05) is 18.2 Å². The minimum atomic E-state index is -0.0425. The third-order valence-electron chi connectivity index (χ3n) is 2.88. The van der Waals surface area contributed by atoms with Gasteiger partial charge in [0.15, 0.2) is 5.01 Å². The molecule has 7 heteroatoms. The van der Waals surface area contributed by atoms with E-state index in [-0.39, 0.29) is 5.91 Å². The Morgan fingerprint density at radius 1 is 1.43 bits per heavy atom. The van der Waals surface area contributed by atoms with E-state index in [4.69, 9.17) is 10.5 Å². The molecule has 0 aliphatic heterocycles. The van der Waals surface area contributed by atoms with E-state index in [9.17, 15) is 4.79 Å². The Balaban J connectivity index is 2.16. The van der Waals surface area contributed by atoms with Crippen molar-refractivity contribution >= 4 is 28.1 Å². The third-order valence-corrected chi connectivity index (χ3v) is 3.75. The lowest BCUT2D eigenvalue weighted by atomic mass is 10.2. The number of aromatic nitrogens is 2. The number of methoxy groups -OCH3 is 1. The highest BCUT2D eigenvalue weighted by molar-refractivity contribution is 7.18. The summed E-state index contributed by atoms with van der Waals surface area (Å²) in [5, 5.41) is 12.0. The molecule has 1 amide bonds. The molecule has 1 aromatic carbocycles. The summed E-state index contributed by atoms with van der Waals surface area (Å²) >= 11 is 1.30. The first-order valence-electron chi connectivity index (χ1n) is 6.71. The Kier molecular flexibility index (Phi) is 5.10. The Morgan fingerprint density at radius 2 is 2.24 bits per heavy atom. The lowest BCUT2D eigenvalue weighted by molar-refractivity contribution is -0.116. The van der Waals surface area contributed by atoms with E-state index in [1.54, 1.807) is 25.3 Å². The number of unbranched alkanes of at least 4 members (excludes halogenated alkanes) is 1. The Labute approximate surface area is 127 Å². The summed E-state index contributed by atoms with van der Waals surface area (Å²) in [6, 6.07) is 5.32. The van der Waals surface area contributed by atoms with Gasteiger partial charge in [-0.1, -0.05) is 24.7 Å². The number of anilines is 2. The molecule has 0 aliphatic rings. The molecule has 0 saturated carbocycles. The predicted molar refractivity (Wildman–Crippen MR) is 84.5 cm³/mol. The highest BCUT2D eigenvalue weighted by Crippen LogP contribution is 2.34. The number of carbonyl (C=O) groups excluding carboxylic acids is 1. The smallest absolute Gasteiger partial charge is 0.226 e. The average Bonchev–Trinajstić information content (AvgIpc) is 2.93. The minimum Gasteiger partial charge on any atom is -0.496 e. The SMILES string of the molecule is CCCCC(=O)Nc1nnc(-c2cc(N)ccc2OC)s1. The number of hydrogen-bond donors (Lipinski definition) is 2. The second-order valence-electron chi connectivity index (χ2n) is 4.52. The molecule has 1 heterocycles. The van der Waals surface area contributed by atoms with Gasteiger partial charge in [0.25, 0.3) is 0 Å². The summed E-state index contributed by atoms with van der Waals surface area (Å²) in [5.41, 5.74) is 7.18. The van der Waals surface area contributed by atoms with Gasteiger partial charge < -0.3 is 15.8 Å². The molecule has 6 nitrogen and oxygen atoms in total. The zero-order chi connectivity index (χ0) is 15.2. The van der Waals surface area contributed by atoms with Gasteiger partial charge in [-0.05, 0) is 24.6 Å². The molecule has 112 valence electrons. The molecule has 0 unspecified atom stereocenters. The van der Waals surface area contributed by atoms with Crippen molar-refractivity contribution in [3.05, 3.63) is 18.2 Å². The topological polar surface area (TPSA) is 90.1 Å². The maximum absolute atomic E-state index is 11.7. The van der Waals surface area contributed by atoms with Gasteiger partial charge in [-0.3, -0.25) is 4.79 Å². The zero-order valence-electron chi connectivity index (χ0n) is 12.0. The molecule has 21 heavy (non-hydrogen) atoms. The summed E-state index contributed by atoms with van der Waals surface area (Å²) in [4.78, 5) is 11.7. The molecule has 2 rings (SSSR count). The molecular formula is C14H18N4O2S. The van der Waals surface area contributed by atoms with Crippen molar-refractivity contribution in [1.29, 1.82) is 0 Å². The van der Waals surface area contributed by atoms with Crippen LogP contribution in [0.25, 0.3) is 10.6 Å². The summed E-state index contributed by atoms with van der Waals surface area (Å²) in [5.74, 6) is 0.628. The third kappa shape index (κ3) is 3.91. The van der Waals surface area contributed by atoms with Crippen LogP contribution < -0.4 is 15.8 Å². The number of benzene rings is 1. The van der Waals surface area contributed by atoms with Crippen LogP contribution in [0.4, 0.5) is 10.8 Å². The van der Waals surface area contributed by atoms with Crippen molar-refractivity contribution in [2.45, 2.75) is 26.2 Å². The van der Waals surface area contributed by atoms with E-state index in [1.807, 2.05) is 6.92 Å². The summed E-state index contributed by atoms with van der Waals surface area (Å²) in [6.07, 6.45) is 2.34. The van der Waals surface area contributed by atoms with Crippen molar-refractivity contribution in [3.8, 4) is 16.3 Å². The molecular weight excluding hydrogens is 288 g/mol. The fraction of sp³-hybridized carbons (Fsp3) is 0.357. The maximum atomic E-state index is 11.7. The average molecular weight is 306 g/mol.